The highest BCUT2D eigenvalue weighted by atomic mass is 19.1. The van der Waals surface area contributed by atoms with E-state index in [1.54, 1.807) is 18.3 Å². The van der Waals surface area contributed by atoms with E-state index in [9.17, 15) is 4.39 Å². The van der Waals surface area contributed by atoms with E-state index in [2.05, 4.69) is 20.6 Å². The third-order valence-electron chi connectivity index (χ3n) is 4.10. The van der Waals surface area contributed by atoms with Crippen molar-refractivity contribution >= 4 is 5.96 Å². The molecule has 3 rings (SSSR count). The maximum Gasteiger partial charge on any atom is 0.213 e. The molecule has 26 heavy (non-hydrogen) atoms. The van der Waals surface area contributed by atoms with Crippen LogP contribution in [0.1, 0.15) is 30.9 Å². The molecule has 2 N–H and O–H groups in total. The average molecular weight is 356 g/mol. The predicted molar refractivity (Wildman–Crippen MR) is 101 cm³/mol. The first-order valence-electron chi connectivity index (χ1n) is 9.07. The van der Waals surface area contributed by atoms with Gasteiger partial charge < -0.3 is 15.4 Å². The monoisotopic (exact) mass is 356 g/mol. The molecule has 5 nitrogen and oxygen atoms in total. The summed E-state index contributed by atoms with van der Waals surface area (Å²) < 4.78 is 18.7. The molecule has 0 bridgehead atoms. The van der Waals surface area contributed by atoms with E-state index in [0.717, 1.165) is 24.3 Å². The summed E-state index contributed by atoms with van der Waals surface area (Å²) in [7, 11) is 0. The number of guanidine groups is 1. The summed E-state index contributed by atoms with van der Waals surface area (Å²) in [5, 5.41) is 6.47. The lowest BCUT2D eigenvalue weighted by Crippen LogP contribution is -2.36. The molecule has 0 atom stereocenters. The van der Waals surface area contributed by atoms with Crippen LogP contribution in [0.2, 0.25) is 0 Å². The first-order chi connectivity index (χ1) is 12.7. The molecule has 0 unspecified atom stereocenters. The van der Waals surface area contributed by atoms with Gasteiger partial charge in [-0.3, -0.25) is 0 Å². The van der Waals surface area contributed by atoms with Gasteiger partial charge in [0.25, 0.3) is 0 Å². The number of nitrogens with one attached hydrogen (secondary N) is 2. The molecule has 1 aromatic heterocycles. The third kappa shape index (κ3) is 6.02. The second-order valence-electron chi connectivity index (χ2n) is 6.43. The zero-order valence-electron chi connectivity index (χ0n) is 15.0. The molecule has 1 saturated carbocycles. The van der Waals surface area contributed by atoms with Crippen molar-refractivity contribution in [2.45, 2.75) is 32.9 Å². The Balaban J connectivity index is 1.55. The van der Waals surface area contributed by atoms with Gasteiger partial charge in [0.15, 0.2) is 5.96 Å². The van der Waals surface area contributed by atoms with Gasteiger partial charge in [-0.15, -0.1) is 0 Å². The minimum Gasteiger partial charge on any atom is -0.477 e. The molecule has 1 heterocycles. The molecule has 1 aliphatic rings. The van der Waals surface area contributed by atoms with Gasteiger partial charge in [0.05, 0.1) is 13.2 Å². The van der Waals surface area contributed by atoms with Crippen LogP contribution in [0.15, 0.2) is 47.6 Å². The second-order valence-corrected chi connectivity index (χ2v) is 6.43. The van der Waals surface area contributed by atoms with Gasteiger partial charge in [0.1, 0.15) is 5.82 Å². The first kappa shape index (κ1) is 18.2. The standard InChI is InChI=1S/C20H25FN4O/c1-2-22-20(24-12-15-5-7-18(21)8-6-15)25-13-17-9-10-23-19(11-17)26-14-16-3-4-16/h5-11,16H,2-4,12-14H2,1H3,(H2,22,24,25). The Morgan fingerprint density at radius 3 is 2.73 bits per heavy atom. The number of aromatic nitrogens is 1. The minimum atomic E-state index is -0.230. The molecule has 2 aromatic rings. The molecule has 0 aliphatic heterocycles. The highest BCUT2D eigenvalue weighted by Crippen LogP contribution is 2.29. The number of hydrogen-bond acceptors (Lipinski definition) is 3. The van der Waals surface area contributed by atoms with Gasteiger partial charge in [-0.2, -0.15) is 0 Å². The number of benzene rings is 1. The number of pyridine rings is 1. The first-order valence-corrected chi connectivity index (χ1v) is 9.07. The molecule has 1 fully saturated rings. The lowest BCUT2D eigenvalue weighted by atomic mass is 10.2. The molecular weight excluding hydrogens is 331 g/mol. The van der Waals surface area contributed by atoms with Crippen molar-refractivity contribution in [3.05, 3.63) is 59.5 Å². The number of nitrogens with zero attached hydrogens (tertiary/aromatic N) is 2. The molecule has 6 heteroatoms. The van der Waals surface area contributed by atoms with Crippen LogP contribution in [0.4, 0.5) is 4.39 Å². The number of rotatable bonds is 8. The zero-order valence-corrected chi connectivity index (χ0v) is 15.0. The third-order valence-corrected chi connectivity index (χ3v) is 4.10. The van der Waals surface area contributed by atoms with E-state index in [1.807, 2.05) is 19.1 Å². The van der Waals surface area contributed by atoms with Crippen molar-refractivity contribution in [1.29, 1.82) is 0 Å². The number of aliphatic imine (C=N–C) groups is 1. The van der Waals surface area contributed by atoms with Gasteiger partial charge >= 0.3 is 0 Å². The maximum absolute atomic E-state index is 13.0. The molecule has 0 spiro atoms. The van der Waals surface area contributed by atoms with Gasteiger partial charge in [0, 0.05) is 25.4 Å². The molecular formula is C20H25FN4O. The molecule has 138 valence electrons. The van der Waals surface area contributed by atoms with E-state index < -0.39 is 0 Å². The second kappa shape index (κ2) is 9.17. The fourth-order valence-electron chi connectivity index (χ4n) is 2.42. The van der Waals surface area contributed by atoms with Crippen LogP contribution in [0, 0.1) is 11.7 Å². The minimum absolute atomic E-state index is 0.230. The smallest absolute Gasteiger partial charge is 0.213 e. The van der Waals surface area contributed by atoms with Crippen molar-refractivity contribution in [1.82, 2.24) is 15.6 Å². The van der Waals surface area contributed by atoms with Gasteiger partial charge in [-0.05, 0) is 55.0 Å². The van der Waals surface area contributed by atoms with E-state index in [1.165, 1.54) is 25.0 Å². The van der Waals surface area contributed by atoms with Crippen LogP contribution < -0.4 is 15.4 Å². The highest BCUT2D eigenvalue weighted by molar-refractivity contribution is 5.79. The van der Waals surface area contributed by atoms with Gasteiger partial charge in [-0.25, -0.2) is 14.4 Å². The van der Waals surface area contributed by atoms with Crippen molar-refractivity contribution in [3.8, 4) is 5.88 Å². The largest absolute Gasteiger partial charge is 0.477 e. The van der Waals surface area contributed by atoms with Crippen molar-refractivity contribution in [2.75, 3.05) is 13.2 Å². The number of hydrogen-bond donors (Lipinski definition) is 2. The normalized spacial score (nSPS) is 14.2. The Morgan fingerprint density at radius 2 is 2.00 bits per heavy atom. The Bertz CT molecular complexity index is 729. The quantitative estimate of drug-likeness (QED) is 0.563. The molecule has 0 saturated heterocycles. The molecule has 1 aliphatic carbocycles. The Kier molecular flexibility index (Phi) is 6.41. The SMILES string of the molecule is CCNC(=NCc1ccnc(OCC2CC2)c1)NCc1ccc(F)cc1. The van der Waals surface area contributed by atoms with Crippen LogP contribution in [0.5, 0.6) is 5.88 Å². The fourth-order valence-corrected chi connectivity index (χ4v) is 2.42. The molecule has 1 aromatic carbocycles. The topological polar surface area (TPSA) is 58.5 Å². The van der Waals surface area contributed by atoms with E-state index in [0.29, 0.717) is 30.8 Å². The van der Waals surface area contributed by atoms with Crippen LogP contribution in [0.3, 0.4) is 0 Å². The predicted octanol–water partition coefficient (Wildman–Crippen LogP) is 3.26. The molecule has 0 radical (unpaired) electrons. The summed E-state index contributed by atoms with van der Waals surface area (Å²) in [4.78, 5) is 8.86. The van der Waals surface area contributed by atoms with Crippen LogP contribution in [-0.2, 0) is 13.1 Å². The zero-order chi connectivity index (χ0) is 18.2. The van der Waals surface area contributed by atoms with Crippen molar-refractivity contribution in [3.63, 3.8) is 0 Å². The van der Waals surface area contributed by atoms with Crippen LogP contribution >= 0.6 is 0 Å². The summed E-state index contributed by atoms with van der Waals surface area (Å²) in [6.45, 7) is 4.65. The summed E-state index contributed by atoms with van der Waals surface area (Å²) >= 11 is 0. The highest BCUT2D eigenvalue weighted by Gasteiger charge is 2.22. The van der Waals surface area contributed by atoms with Gasteiger partial charge in [0.2, 0.25) is 5.88 Å². The molecule has 0 amide bonds. The van der Waals surface area contributed by atoms with Crippen molar-refractivity contribution < 1.29 is 9.13 Å². The van der Waals surface area contributed by atoms with Gasteiger partial charge in [-0.1, -0.05) is 12.1 Å². The summed E-state index contributed by atoms with van der Waals surface area (Å²) in [6, 6.07) is 10.3. The lowest BCUT2D eigenvalue weighted by molar-refractivity contribution is 0.288. The van der Waals surface area contributed by atoms with E-state index >= 15 is 0 Å². The maximum atomic E-state index is 13.0. The number of halogens is 1. The number of ether oxygens (including phenoxy) is 1. The van der Waals surface area contributed by atoms with E-state index in [-0.39, 0.29) is 5.82 Å². The Hall–Kier alpha value is -2.63. The average Bonchev–Trinajstić information content (AvgIpc) is 3.48. The summed E-state index contributed by atoms with van der Waals surface area (Å²) in [5.41, 5.74) is 2.04. The van der Waals surface area contributed by atoms with E-state index in [4.69, 9.17) is 4.74 Å². The lowest BCUT2D eigenvalue weighted by Gasteiger charge is -2.11. The summed E-state index contributed by atoms with van der Waals surface area (Å²) in [6.07, 6.45) is 4.28. The fraction of sp³-hybridized carbons (Fsp3) is 0.400. The Morgan fingerprint density at radius 1 is 1.19 bits per heavy atom. The Labute approximate surface area is 153 Å². The van der Waals surface area contributed by atoms with Crippen LogP contribution in [0.25, 0.3) is 0 Å². The summed E-state index contributed by atoms with van der Waals surface area (Å²) in [5.74, 6) is 1.85. The van der Waals surface area contributed by atoms with Crippen LogP contribution in [-0.4, -0.2) is 24.1 Å². The van der Waals surface area contributed by atoms with Crippen molar-refractivity contribution in [2.24, 2.45) is 10.9 Å².